The molecular formula is C33H48N2O3. The van der Waals surface area contributed by atoms with E-state index < -0.39 is 0 Å². The van der Waals surface area contributed by atoms with E-state index in [-0.39, 0.29) is 28.9 Å². The Morgan fingerprint density at radius 3 is 2.13 bits per heavy atom. The summed E-state index contributed by atoms with van der Waals surface area (Å²) >= 11 is 0. The van der Waals surface area contributed by atoms with Gasteiger partial charge in [0, 0.05) is 0 Å². The number of nitrogens with zero attached hydrogens (tertiary/aromatic N) is 2. The van der Waals surface area contributed by atoms with Gasteiger partial charge in [0.1, 0.15) is 17.1 Å². The smallest absolute Gasteiger partial charge is 0.313 e. The highest BCUT2D eigenvalue weighted by molar-refractivity contribution is 5.80. The van der Waals surface area contributed by atoms with Gasteiger partial charge in [0.15, 0.2) is 0 Å². The number of hydrogen-bond acceptors (Lipinski definition) is 4. The molecule has 0 aromatic heterocycles. The molecule has 0 bridgehead atoms. The van der Waals surface area contributed by atoms with E-state index in [1.165, 1.54) is 70.6 Å². The minimum atomic E-state index is -0.263. The van der Waals surface area contributed by atoms with Crippen LogP contribution >= 0.6 is 0 Å². The van der Waals surface area contributed by atoms with E-state index in [0.29, 0.717) is 12.4 Å². The zero-order valence-electron chi connectivity index (χ0n) is 23.8. The summed E-state index contributed by atoms with van der Waals surface area (Å²) < 4.78 is 11.6. The zero-order valence-corrected chi connectivity index (χ0v) is 23.8. The van der Waals surface area contributed by atoms with Gasteiger partial charge in [-0.25, -0.2) is 4.85 Å². The maximum atomic E-state index is 13.0. The minimum absolute atomic E-state index is 0.0785. The molecule has 0 radical (unpaired) electrons. The summed E-state index contributed by atoms with van der Waals surface area (Å²) in [4.78, 5) is 16.6. The monoisotopic (exact) mass is 520 g/mol. The van der Waals surface area contributed by atoms with E-state index >= 15 is 0 Å². The molecule has 3 rings (SSSR count). The Bertz CT molecular complexity index is 944. The van der Waals surface area contributed by atoms with Crippen molar-refractivity contribution in [3.8, 4) is 17.6 Å². The first-order valence-electron chi connectivity index (χ1n) is 15.4. The number of rotatable bonds is 14. The first kappa shape index (κ1) is 30.0. The summed E-state index contributed by atoms with van der Waals surface area (Å²) in [6.45, 7) is 12.6. The molecule has 5 heteroatoms. The molecule has 0 atom stereocenters. The highest BCUT2D eigenvalue weighted by Crippen LogP contribution is 2.43. The highest BCUT2D eigenvalue weighted by Gasteiger charge is 2.34. The van der Waals surface area contributed by atoms with Gasteiger partial charge in [0.25, 0.3) is 0 Å². The van der Waals surface area contributed by atoms with Crippen LogP contribution in [0.2, 0.25) is 0 Å². The number of unbranched alkanes of at least 4 members (excludes halogenated alkanes) is 6. The molecular weight excluding hydrogens is 472 g/mol. The maximum absolute atomic E-state index is 13.0. The fraction of sp³-hybridized carbons (Fsp3) is 0.727. The zero-order chi connectivity index (χ0) is 27.2. The molecule has 2 aliphatic carbocycles. The van der Waals surface area contributed by atoms with Crippen LogP contribution in [0.3, 0.4) is 0 Å². The summed E-state index contributed by atoms with van der Waals surface area (Å²) in [6.07, 6.45) is 20.3. The van der Waals surface area contributed by atoms with E-state index in [1.54, 1.807) is 12.1 Å². The number of ether oxygens (including phenoxy) is 2. The second-order valence-electron chi connectivity index (χ2n) is 11.6. The number of carbonyl (C=O) groups is 1. The number of esters is 1. The number of carbonyl (C=O) groups excluding carboxylic acids is 1. The van der Waals surface area contributed by atoms with E-state index in [4.69, 9.17) is 16.0 Å². The second-order valence-corrected chi connectivity index (χ2v) is 11.6. The Morgan fingerprint density at radius 1 is 0.895 bits per heavy atom. The van der Waals surface area contributed by atoms with Crippen LogP contribution < -0.4 is 9.47 Å². The molecule has 2 saturated carbocycles. The summed E-state index contributed by atoms with van der Waals surface area (Å²) in [5.41, 5.74) is 0.240. The molecule has 1 aromatic rings. The molecule has 0 amide bonds. The molecule has 2 fully saturated rings. The Morgan fingerprint density at radius 2 is 1.50 bits per heavy atom. The Balaban J connectivity index is 1.48. The summed E-state index contributed by atoms with van der Waals surface area (Å²) in [5.74, 6) is 2.68. The highest BCUT2D eigenvalue weighted by atomic mass is 16.5. The van der Waals surface area contributed by atoms with Gasteiger partial charge in [-0.1, -0.05) is 78.1 Å². The first-order valence-corrected chi connectivity index (χ1v) is 15.4. The van der Waals surface area contributed by atoms with Gasteiger partial charge in [-0.3, -0.25) is 4.79 Å². The standard InChI is InChI=1S/C33H48N2O3/c1-4-6-8-9-10-11-23-37-30-21-22-31(32(35-3)29(30)24-34)38-33(36)28-19-17-27(18-20-28)26-15-13-25(14-16-26)12-7-5-2/h21-22,25-28H,4-20,23H2,1-2H3. The predicted molar refractivity (Wildman–Crippen MR) is 152 cm³/mol. The summed E-state index contributed by atoms with van der Waals surface area (Å²) in [6, 6.07) is 5.39. The van der Waals surface area contributed by atoms with Crippen molar-refractivity contribution in [3.05, 3.63) is 29.1 Å². The predicted octanol–water partition coefficient (Wildman–Crippen LogP) is 9.56. The fourth-order valence-corrected chi connectivity index (χ4v) is 6.50. The van der Waals surface area contributed by atoms with Crippen molar-refractivity contribution in [3.63, 3.8) is 0 Å². The Hall–Kier alpha value is -2.53. The van der Waals surface area contributed by atoms with Gasteiger partial charge in [-0.05, 0) is 74.8 Å². The lowest BCUT2D eigenvalue weighted by atomic mass is 9.68. The van der Waals surface area contributed by atoms with Crippen molar-refractivity contribution in [1.82, 2.24) is 0 Å². The molecule has 0 heterocycles. The van der Waals surface area contributed by atoms with Gasteiger partial charge in [0.05, 0.1) is 25.2 Å². The van der Waals surface area contributed by atoms with Crippen molar-refractivity contribution < 1.29 is 14.3 Å². The molecule has 0 unspecified atom stereocenters. The number of hydrogen-bond donors (Lipinski definition) is 0. The van der Waals surface area contributed by atoms with Crippen LogP contribution in [0.25, 0.3) is 4.85 Å². The molecule has 1 aromatic carbocycles. The maximum Gasteiger partial charge on any atom is 0.313 e. The van der Waals surface area contributed by atoms with Crippen LogP contribution in [0.4, 0.5) is 5.69 Å². The molecule has 208 valence electrons. The lowest BCUT2D eigenvalue weighted by Gasteiger charge is -2.37. The van der Waals surface area contributed by atoms with Crippen molar-refractivity contribution in [2.75, 3.05) is 6.61 Å². The summed E-state index contributed by atoms with van der Waals surface area (Å²) in [5, 5.41) is 9.74. The van der Waals surface area contributed by atoms with E-state index in [9.17, 15) is 10.1 Å². The van der Waals surface area contributed by atoms with E-state index in [0.717, 1.165) is 56.3 Å². The molecule has 0 spiro atoms. The third kappa shape index (κ3) is 8.76. The van der Waals surface area contributed by atoms with Crippen LogP contribution in [0.5, 0.6) is 11.5 Å². The van der Waals surface area contributed by atoms with Gasteiger partial charge in [-0.15, -0.1) is 0 Å². The van der Waals surface area contributed by atoms with Crippen molar-refractivity contribution in [2.45, 2.75) is 123 Å². The molecule has 0 aliphatic heterocycles. The Kier molecular flexibility index (Phi) is 13.0. The lowest BCUT2D eigenvalue weighted by Crippen LogP contribution is -2.30. The van der Waals surface area contributed by atoms with Crippen LogP contribution in [-0.2, 0) is 4.79 Å². The SMILES string of the molecule is [C-]#[N+]c1c(OC(=O)C2CCC(C3CCC(CCCC)CC3)CC2)ccc(OCCCCCCCC)c1C#N. The molecule has 0 N–H and O–H groups in total. The van der Waals surface area contributed by atoms with E-state index in [1.807, 2.05) is 0 Å². The third-order valence-corrected chi connectivity index (χ3v) is 8.92. The lowest BCUT2D eigenvalue weighted by molar-refractivity contribution is -0.140. The topological polar surface area (TPSA) is 63.7 Å². The Labute approximate surface area is 231 Å². The largest absolute Gasteiger partial charge is 0.494 e. The molecule has 0 saturated heterocycles. The van der Waals surface area contributed by atoms with Crippen LogP contribution in [0, 0.1) is 41.6 Å². The van der Waals surface area contributed by atoms with Gasteiger partial charge >= 0.3 is 5.97 Å². The van der Waals surface area contributed by atoms with Crippen LogP contribution in [0.15, 0.2) is 12.1 Å². The first-order chi connectivity index (χ1) is 18.6. The fourth-order valence-electron chi connectivity index (χ4n) is 6.50. The van der Waals surface area contributed by atoms with Crippen LogP contribution in [-0.4, -0.2) is 12.6 Å². The molecule has 38 heavy (non-hydrogen) atoms. The van der Waals surface area contributed by atoms with Crippen molar-refractivity contribution in [1.29, 1.82) is 5.26 Å². The third-order valence-electron chi connectivity index (χ3n) is 8.92. The van der Waals surface area contributed by atoms with Crippen molar-refractivity contribution >= 4 is 11.7 Å². The normalized spacial score (nSPS) is 23.3. The quantitative estimate of drug-likeness (QED) is 0.106. The second kappa shape index (κ2) is 16.4. The number of benzene rings is 1. The average molecular weight is 521 g/mol. The average Bonchev–Trinajstić information content (AvgIpc) is 2.96. The van der Waals surface area contributed by atoms with E-state index in [2.05, 4.69) is 24.8 Å². The van der Waals surface area contributed by atoms with Gasteiger partial charge in [0.2, 0.25) is 5.69 Å². The minimum Gasteiger partial charge on any atom is -0.494 e. The van der Waals surface area contributed by atoms with Gasteiger partial charge < -0.3 is 9.47 Å². The van der Waals surface area contributed by atoms with Gasteiger partial charge in [-0.2, -0.15) is 5.26 Å². The van der Waals surface area contributed by atoms with Crippen molar-refractivity contribution in [2.24, 2.45) is 23.7 Å². The molecule has 5 nitrogen and oxygen atoms in total. The number of nitriles is 1. The molecule has 2 aliphatic rings. The summed E-state index contributed by atoms with van der Waals surface area (Å²) in [7, 11) is 0. The van der Waals surface area contributed by atoms with Crippen LogP contribution in [0.1, 0.15) is 129 Å².